The Bertz CT molecular complexity index is 3040. The maximum atomic E-state index is 8.88. The Kier molecular flexibility index (Phi) is 10.4. The van der Waals surface area contributed by atoms with Gasteiger partial charge in [-0.3, -0.25) is 5.41 Å². The predicted octanol–water partition coefficient (Wildman–Crippen LogP) is 14.2. The molecule has 0 saturated carbocycles. The summed E-state index contributed by atoms with van der Waals surface area (Å²) < 4.78 is 2.38. The number of hydrogen-bond acceptors (Lipinski definition) is 3. The quantitative estimate of drug-likeness (QED) is 0.0900. The van der Waals surface area contributed by atoms with Gasteiger partial charge in [0.05, 0.1) is 0 Å². The molecule has 0 aliphatic rings. The first-order valence-electron chi connectivity index (χ1n) is 19.6. The van der Waals surface area contributed by atoms with E-state index in [0.717, 1.165) is 72.1 Å². The molecular formula is C54H40N4S. The minimum atomic E-state index is 0.154. The molecule has 5 heteroatoms. The van der Waals surface area contributed by atoms with Gasteiger partial charge in [-0.05, 0) is 58.0 Å². The molecule has 0 bridgehead atoms. The Hall–Kier alpha value is -7.47. The van der Waals surface area contributed by atoms with Crippen LogP contribution >= 0.6 is 11.3 Å². The Labute approximate surface area is 348 Å². The van der Waals surface area contributed by atoms with Gasteiger partial charge in [0.15, 0.2) is 11.7 Å². The first-order chi connectivity index (χ1) is 29.1. The molecular weight excluding hydrogens is 737 g/mol. The standard InChI is InChI=1S/C54H40N4S/c1-2-16-40-25-15-26-45(50(40)55)38-27-29-39(30-28-38)46-32-31-43(35-57-54(42-23-13-6-14-24-42)58-53(56)41-21-11-5-12-22-41)49-48-34-44(36-17-7-3-8-18-36)33-47(51(48)59-52(46)49)37-19-9-4-10-20-37/h2-35,56H,55H2,1H3/b16-2-,56-53?,57-35?,58-54?. The summed E-state index contributed by atoms with van der Waals surface area (Å²) in [6.45, 7) is 2.01. The number of thiophene rings is 1. The molecule has 0 atom stereocenters. The zero-order valence-corrected chi connectivity index (χ0v) is 33.3. The van der Waals surface area contributed by atoms with Crippen LogP contribution in [-0.4, -0.2) is 17.9 Å². The molecule has 1 heterocycles. The van der Waals surface area contributed by atoms with E-state index in [-0.39, 0.29) is 5.84 Å². The van der Waals surface area contributed by atoms with Crippen molar-refractivity contribution >= 4 is 61.2 Å². The Morgan fingerprint density at radius 1 is 0.525 bits per heavy atom. The number of allylic oxidation sites excluding steroid dienone is 1. The summed E-state index contributed by atoms with van der Waals surface area (Å²) in [5.41, 5.74) is 20.0. The monoisotopic (exact) mass is 776 g/mol. The number of para-hydroxylation sites is 1. The lowest BCUT2D eigenvalue weighted by Gasteiger charge is -2.11. The van der Waals surface area contributed by atoms with Crippen LogP contribution in [0.15, 0.2) is 204 Å². The van der Waals surface area contributed by atoms with E-state index in [4.69, 9.17) is 21.1 Å². The van der Waals surface area contributed by atoms with Gasteiger partial charge in [-0.2, -0.15) is 0 Å². The molecule has 0 amide bonds. The van der Waals surface area contributed by atoms with Crippen molar-refractivity contribution in [2.24, 2.45) is 9.98 Å². The number of anilines is 1. The van der Waals surface area contributed by atoms with Gasteiger partial charge in [0.2, 0.25) is 0 Å². The number of aliphatic imine (C=N–C) groups is 2. The molecule has 0 aliphatic carbocycles. The second kappa shape index (κ2) is 16.6. The van der Waals surface area contributed by atoms with Crippen LogP contribution in [0.2, 0.25) is 0 Å². The SMILES string of the molecule is C/C=C\c1cccc(-c2ccc(-c3ccc(C=NC(=NC(=N)c4ccccc4)c4ccccc4)c4c3sc3c(-c5ccccc5)cc(-c5ccccc5)cc34)cc2)c1N. The third kappa shape index (κ3) is 7.55. The number of hydrogen-bond donors (Lipinski definition) is 2. The lowest BCUT2D eigenvalue weighted by atomic mass is 9.93. The second-order valence-electron chi connectivity index (χ2n) is 14.3. The van der Waals surface area contributed by atoms with E-state index in [0.29, 0.717) is 5.84 Å². The maximum absolute atomic E-state index is 8.88. The topological polar surface area (TPSA) is 74.6 Å². The Morgan fingerprint density at radius 2 is 1.12 bits per heavy atom. The number of rotatable bonds is 8. The summed E-state index contributed by atoms with van der Waals surface area (Å²) in [6.07, 6.45) is 5.98. The summed E-state index contributed by atoms with van der Waals surface area (Å²) in [5, 5.41) is 11.2. The normalized spacial score (nSPS) is 11.9. The first kappa shape index (κ1) is 37.1. The van der Waals surface area contributed by atoms with Crippen molar-refractivity contribution in [1.29, 1.82) is 5.41 Å². The lowest BCUT2D eigenvalue weighted by molar-refractivity contribution is 1.40. The van der Waals surface area contributed by atoms with Gasteiger partial charge in [0, 0.05) is 59.9 Å². The number of nitrogens with zero attached hydrogens (tertiary/aromatic N) is 2. The van der Waals surface area contributed by atoms with Crippen LogP contribution in [0.1, 0.15) is 29.2 Å². The van der Waals surface area contributed by atoms with E-state index in [2.05, 4.69) is 121 Å². The van der Waals surface area contributed by atoms with Gasteiger partial charge in [0.1, 0.15) is 0 Å². The van der Waals surface area contributed by atoms with Crippen LogP contribution in [-0.2, 0) is 0 Å². The molecule has 59 heavy (non-hydrogen) atoms. The third-order valence-corrected chi connectivity index (χ3v) is 11.8. The van der Waals surface area contributed by atoms with Crippen LogP contribution < -0.4 is 5.73 Å². The lowest BCUT2D eigenvalue weighted by Crippen LogP contribution is -2.04. The predicted molar refractivity (Wildman–Crippen MR) is 254 cm³/mol. The number of benzene rings is 8. The van der Waals surface area contributed by atoms with Crippen LogP contribution in [0.4, 0.5) is 5.69 Å². The maximum Gasteiger partial charge on any atom is 0.161 e. The molecule has 4 nitrogen and oxygen atoms in total. The Morgan fingerprint density at radius 3 is 1.78 bits per heavy atom. The minimum Gasteiger partial charge on any atom is -0.398 e. The zero-order chi connectivity index (χ0) is 40.1. The van der Waals surface area contributed by atoms with Crippen LogP contribution in [0.3, 0.4) is 0 Å². The van der Waals surface area contributed by atoms with Crippen molar-refractivity contribution in [2.45, 2.75) is 6.92 Å². The van der Waals surface area contributed by atoms with Gasteiger partial charge < -0.3 is 5.73 Å². The van der Waals surface area contributed by atoms with Gasteiger partial charge in [-0.1, -0.05) is 188 Å². The summed E-state index contributed by atoms with van der Waals surface area (Å²) in [6, 6.07) is 64.7. The van der Waals surface area contributed by atoms with Crippen molar-refractivity contribution in [3.8, 4) is 44.5 Å². The molecule has 0 unspecified atom stereocenters. The third-order valence-electron chi connectivity index (χ3n) is 10.6. The fraction of sp³-hybridized carbons (Fsp3) is 0.0185. The van der Waals surface area contributed by atoms with E-state index in [1.54, 1.807) is 0 Å². The van der Waals surface area contributed by atoms with Gasteiger partial charge in [-0.25, -0.2) is 9.98 Å². The second-order valence-corrected chi connectivity index (χ2v) is 15.3. The van der Waals surface area contributed by atoms with Crippen molar-refractivity contribution in [2.75, 3.05) is 5.73 Å². The van der Waals surface area contributed by atoms with E-state index in [1.807, 2.05) is 103 Å². The largest absolute Gasteiger partial charge is 0.398 e. The highest BCUT2D eigenvalue weighted by Gasteiger charge is 2.19. The number of nitrogens with two attached hydrogens (primary N) is 1. The van der Waals surface area contributed by atoms with Gasteiger partial charge in [-0.15, -0.1) is 11.3 Å². The van der Waals surface area contributed by atoms with E-state index in [1.165, 1.54) is 20.5 Å². The number of fused-ring (bicyclic) bond motifs is 3. The fourth-order valence-corrected chi connectivity index (χ4v) is 9.00. The number of amidine groups is 2. The minimum absolute atomic E-state index is 0.154. The highest BCUT2D eigenvalue weighted by molar-refractivity contribution is 7.27. The molecule has 0 saturated heterocycles. The molecule has 9 aromatic rings. The van der Waals surface area contributed by atoms with E-state index in [9.17, 15) is 0 Å². The molecule has 9 rings (SSSR count). The van der Waals surface area contributed by atoms with Gasteiger partial charge in [0.25, 0.3) is 0 Å². The Balaban J connectivity index is 1.26. The summed E-state index contributed by atoms with van der Waals surface area (Å²) in [7, 11) is 0. The van der Waals surface area contributed by atoms with Crippen LogP contribution in [0.5, 0.6) is 0 Å². The number of nitrogen functional groups attached to an aromatic ring is 1. The molecule has 1 aromatic heterocycles. The number of nitrogens with one attached hydrogen (secondary N) is 1. The fourth-order valence-electron chi connectivity index (χ4n) is 7.61. The van der Waals surface area contributed by atoms with Crippen LogP contribution in [0, 0.1) is 5.41 Å². The summed E-state index contributed by atoms with van der Waals surface area (Å²) in [4.78, 5) is 9.86. The average Bonchev–Trinajstić information content (AvgIpc) is 3.69. The van der Waals surface area contributed by atoms with Gasteiger partial charge >= 0.3 is 0 Å². The molecule has 3 N–H and O–H groups in total. The first-order valence-corrected chi connectivity index (χ1v) is 20.5. The summed E-state index contributed by atoms with van der Waals surface area (Å²) in [5.74, 6) is 0.626. The smallest absolute Gasteiger partial charge is 0.161 e. The molecule has 0 aliphatic heterocycles. The molecule has 282 valence electrons. The highest BCUT2D eigenvalue weighted by atomic mass is 32.1. The van der Waals surface area contributed by atoms with E-state index >= 15 is 0 Å². The molecule has 8 aromatic carbocycles. The summed E-state index contributed by atoms with van der Waals surface area (Å²) >= 11 is 1.82. The van der Waals surface area contributed by atoms with Crippen molar-refractivity contribution in [1.82, 2.24) is 0 Å². The zero-order valence-electron chi connectivity index (χ0n) is 32.5. The van der Waals surface area contributed by atoms with E-state index < -0.39 is 0 Å². The molecule has 0 fully saturated rings. The van der Waals surface area contributed by atoms with Crippen molar-refractivity contribution < 1.29 is 0 Å². The van der Waals surface area contributed by atoms with Crippen molar-refractivity contribution in [3.63, 3.8) is 0 Å². The molecule has 0 radical (unpaired) electrons. The van der Waals surface area contributed by atoms with Crippen LogP contribution in [0.25, 0.3) is 70.8 Å². The highest BCUT2D eigenvalue weighted by Crippen LogP contribution is 2.47. The van der Waals surface area contributed by atoms with Crippen molar-refractivity contribution in [3.05, 3.63) is 216 Å². The average molecular weight is 777 g/mol. The molecule has 0 spiro atoms.